The number of amides is 4. The highest BCUT2D eigenvalue weighted by atomic mass is 16.7. The van der Waals surface area contributed by atoms with Gasteiger partial charge in [-0.05, 0) is 274 Å². The fourth-order valence-corrected chi connectivity index (χ4v) is 16.3. The van der Waals surface area contributed by atoms with E-state index in [4.69, 9.17) is 5.90 Å². The number of carboxylic acids is 1. The summed E-state index contributed by atoms with van der Waals surface area (Å²) in [5.41, 5.74) is 31.5. The first-order valence-corrected chi connectivity index (χ1v) is 38.8. The van der Waals surface area contributed by atoms with Gasteiger partial charge in [0.05, 0.1) is 29.4 Å². The minimum atomic E-state index is -0.856. The first-order chi connectivity index (χ1) is 54.4. The van der Waals surface area contributed by atoms with Gasteiger partial charge in [-0.1, -0.05) is 114 Å². The zero-order valence-corrected chi connectivity index (χ0v) is 66.4. The Labute approximate surface area is 665 Å². The van der Waals surface area contributed by atoms with Gasteiger partial charge in [0.1, 0.15) is 16.6 Å². The van der Waals surface area contributed by atoms with Gasteiger partial charge < -0.3 is 24.6 Å². The van der Waals surface area contributed by atoms with E-state index in [1.165, 1.54) is 33.4 Å². The van der Waals surface area contributed by atoms with Crippen LogP contribution in [0.3, 0.4) is 0 Å². The van der Waals surface area contributed by atoms with Crippen LogP contribution in [0.4, 0.5) is 0 Å². The van der Waals surface area contributed by atoms with Crippen molar-refractivity contribution in [2.24, 2.45) is 5.90 Å². The molecule has 0 unspecified atom stereocenters. The number of hydrogen-bond acceptors (Lipinski definition) is 15. The molecule has 0 saturated heterocycles. The smallest absolute Gasteiger partial charge is 0.325 e. The summed E-state index contributed by atoms with van der Waals surface area (Å²) in [6.07, 6.45) is 2.48. The average molecular weight is 1540 g/mol. The Bertz CT molecular complexity index is 5470. The summed E-state index contributed by atoms with van der Waals surface area (Å²) in [5.74, 6) is 2.62. The van der Waals surface area contributed by atoms with Crippen LogP contribution in [0.2, 0.25) is 0 Å². The number of fused-ring (bicyclic) bond motifs is 6. The number of hydroxylamine groups is 1. The molecule has 3 aliphatic heterocycles. The highest BCUT2D eigenvalue weighted by Gasteiger charge is 2.32. The highest BCUT2D eigenvalue weighted by Crippen LogP contribution is 2.40. The Morgan fingerprint density at radius 3 is 1.02 bits per heavy atom. The summed E-state index contributed by atoms with van der Waals surface area (Å²) in [6.45, 7) is 30.0. The third-order valence-corrected chi connectivity index (χ3v) is 23.4. The second kappa shape index (κ2) is 34.9. The van der Waals surface area contributed by atoms with E-state index >= 15 is 0 Å². The van der Waals surface area contributed by atoms with E-state index in [2.05, 4.69) is 84.3 Å². The molecule has 114 heavy (non-hydrogen) atoms. The standard InChI is InChI=1S/2C30H33N5O3.C30H32N4O3.CH4/c1-5-35-27-11-10-25(20(4)29(27)32-33-35)26(16-28(36)38-31)22-9-8-21-12-13-34(17-24(21)15-22)30(37)23-7-6-18(2)19(3)14-23;1-5-35-27-11-10-25(20(4)29(27)31-33-35)26(16-28(36)32-38)22-9-8-21-12-13-34(17-24(21)15-22)30(37)23-7-6-18(2)19(3)14-23;1-5-34-27-11-10-25(20(4)29(27)31-32-34)26(16-28(35)36)22-9-8-21-12-13-33(17-24(21)15-22)30(37)23-7-6-18(2)19(3)14-23;/h6-11,14-15,26H,5,12-13,16-17,31H2,1-4H3;6-11,14-15,26,38H,5,12-13,16-17H2,1-4H3,(H,32,36);6-11,14-15,26H,5,12-13,16-17H2,1-4H3,(H,35,36);1H4/t3*26-;/m000./s1. The van der Waals surface area contributed by atoms with Crippen molar-refractivity contribution in [3.63, 3.8) is 0 Å². The lowest BCUT2D eigenvalue weighted by atomic mass is 9.83. The van der Waals surface area contributed by atoms with Crippen LogP contribution < -0.4 is 11.4 Å². The number of nitrogens with zero attached hydrogens (tertiary/aromatic N) is 12. The lowest BCUT2D eigenvalue weighted by molar-refractivity contribution is -0.144. The molecule has 590 valence electrons. The van der Waals surface area contributed by atoms with Gasteiger partial charge in [-0.25, -0.2) is 19.5 Å². The lowest BCUT2D eigenvalue weighted by Gasteiger charge is -2.30. The summed E-state index contributed by atoms with van der Waals surface area (Å²) in [5, 5.41) is 45.0. The molecule has 15 rings (SSSR count). The summed E-state index contributed by atoms with van der Waals surface area (Å²) < 4.78 is 5.55. The molecule has 23 heteroatoms. The molecule has 3 aromatic heterocycles. The molecular formula is C91H102N14O9. The molecule has 0 saturated carbocycles. The molecule has 23 nitrogen and oxygen atoms in total. The van der Waals surface area contributed by atoms with Crippen molar-refractivity contribution in [3.8, 4) is 0 Å². The Morgan fingerprint density at radius 1 is 0.412 bits per heavy atom. The number of carboxylic acid groups (broad SMARTS) is 1. The number of nitrogens with two attached hydrogens (primary N) is 1. The number of hydrogen-bond donors (Lipinski definition) is 4. The number of aromatic nitrogens is 9. The maximum atomic E-state index is 13.3. The zero-order chi connectivity index (χ0) is 80.2. The van der Waals surface area contributed by atoms with Gasteiger partial charge in [-0.3, -0.25) is 34.0 Å². The minimum Gasteiger partial charge on any atom is -0.481 e. The molecule has 6 heterocycles. The van der Waals surface area contributed by atoms with Crippen LogP contribution in [0.15, 0.2) is 146 Å². The minimum absolute atomic E-state index is 0. The van der Waals surface area contributed by atoms with Crippen LogP contribution in [0.25, 0.3) is 33.1 Å². The van der Waals surface area contributed by atoms with Gasteiger partial charge in [-0.2, -0.15) is 5.90 Å². The van der Waals surface area contributed by atoms with Crippen LogP contribution in [0.5, 0.6) is 0 Å². The number of aryl methyl sites for hydroxylation is 12. The van der Waals surface area contributed by atoms with Crippen molar-refractivity contribution < 1.29 is 43.9 Å². The number of nitrogens with one attached hydrogen (secondary N) is 1. The summed E-state index contributed by atoms with van der Waals surface area (Å²) >= 11 is 0. The Hall–Kier alpha value is -12.1. The Morgan fingerprint density at radius 2 is 0.728 bits per heavy atom. The van der Waals surface area contributed by atoms with E-state index in [0.29, 0.717) is 62.5 Å². The second-order valence-corrected chi connectivity index (χ2v) is 30.3. The molecule has 12 aromatic rings. The van der Waals surface area contributed by atoms with Crippen molar-refractivity contribution in [1.29, 1.82) is 0 Å². The van der Waals surface area contributed by atoms with Crippen LogP contribution in [0.1, 0.15) is 213 Å². The fraction of sp³-hybridized carbons (Fsp3) is 0.341. The van der Waals surface area contributed by atoms with Gasteiger partial charge in [0, 0.05) is 99.8 Å². The molecule has 3 atom stereocenters. The number of carbonyl (C=O) groups is 6. The second-order valence-electron chi connectivity index (χ2n) is 30.3. The molecule has 5 N–H and O–H groups in total. The van der Waals surface area contributed by atoms with Crippen LogP contribution in [0, 0.1) is 62.3 Å². The summed E-state index contributed by atoms with van der Waals surface area (Å²) in [4.78, 5) is 86.9. The number of benzene rings is 9. The normalized spacial score (nSPS) is 13.8. The SMILES string of the molecule is C.CCn1nnc2c(C)c([C@@H](CC(=O)NO)c3ccc4c(c3)CN(C(=O)c3ccc(C)c(C)c3)CC4)ccc21.CCn1nnc2c(C)c([C@@H](CC(=O)O)c3ccc4c(c3)CN(C(=O)c3ccc(C)c(C)c3)CC4)ccc21.CCn1nnc2c(C)c([C@@H](CC(=O)ON)c3ccc4c(c3)CN(C(=O)c3ccc(C)c(C)c3)CC4)ccc21. The van der Waals surface area contributed by atoms with E-state index in [-0.39, 0.29) is 62.2 Å². The molecule has 0 fully saturated rings. The predicted molar refractivity (Wildman–Crippen MR) is 440 cm³/mol. The monoisotopic (exact) mass is 1530 g/mol. The average Bonchev–Trinajstić information content (AvgIpc) is 1.44. The fourth-order valence-electron chi connectivity index (χ4n) is 16.3. The quantitative estimate of drug-likeness (QED) is 0.0458. The van der Waals surface area contributed by atoms with E-state index < -0.39 is 17.8 Å². The first kappa shape index (κ1) is 81.4. The van der Waals surface area contributed by atoms with Crippen LogP contribution in [-0.2, 0) is 77.8 Å². The van der Waals surface area contributed by atoms with Crippen molar-refractivity contribution in [3.05, 3.63) is 279 Å². The van der Waals surface area contributed by atoms with Gasteiger partial charge >= 0.3 is 11.9 Å². The summed E-state index contributed by atoms with van der Waals surface area (Å²) in [7, 11) is 0. The molecule has 9 aromatic carbocycles. The van der Waals surface area contributed by atoms with Crippen molar-refractivity contribution >= 4 is 68.7 Å². The van der Waals surface area contributed by atoms with E-state index in [1.54, 1.807) is 5.48 Å². The number of carbonyl (C=O) groups excluding carboxylic acids is 5. The first-order valence-electron chi connectivity index (χ1n) is 38.8. The van der Waals surface area contributed by atoms with Crippen molar-refractivity contribution in [2.75, 3.05) is 19.6 Å². The van der Waals surface area contributed by atoms with Crippen molar-refractivity contribution in [1.82, 2.24) is 65.2 Å². The summed E-state index contributed by atoms with van der Waals surface area (Å²) in [6, 6.07) is 48.4. The maximum absolute atomic E-state index is 13.3. The largest absolute Gasteiger partial charge is 0.481 e. The van der Waals surface area contributed by atoms with Gasteiger partial charge in [0.15, 0.2) is 0 Å². The molecule has 3 aliphatic rings. The number of aliphatic carboxylic acids is 1. The maximum Gasteiger partial charge on any atom is 0.325 e. The van der Waals surface area contributed by atoms with Gasteiger partial charge in [-0.15, -0.1) is 15.3 Å². The third kappa shape index (κ3) is 16.8. The zero-order valence-electron chi connectivity index (χ0n) is 66.4. The molecule has 4 amide bonds. The number of rotatable bonds is 18. The van der Waals surface area contributed by atoms with Gasteiger partial charge in [0.2, 0.25) is 5.91 Å². The molecule has 0 bridgehead atoms. The van der Waals surface area contributed by atoms with E-state index in [0.717, 1.165) is 149 Å². The molecular weight excluding hydrogens is 1430 g/mol. The van der Waals surface area contributed by atoms with E-state index in [9.17, 15) is 39.1 Å². The Kier molecular flexibility index (Phi) is 24.9. The van der Waals surface area contributed by atoms with Crippen LogP contribution >= 0.6 is 0 Å². The molecule has 0 aliphatic carbocycles. The Balaban J connectivity index is 0.000000157. The molecule has 0 radical (unpaired) electrons. The third-order valence-electron chi connectivity index (χ3n) is 23.4. The highest BCUT2D eigenvalue weighted by molar-refractivity contribution is 5.96. The van der Waals surface area contributed by atoms with Crippen LogP contribution in [-0.4, -0.2) is 125 Å². The van der Waals surface area contributed by atoms with Gasteiger partial charge in [0.25, 0.3) is 17.7 Å². The lowest BCUT2D eigenvalue weighted by Crippen LogP contribution is -2.36. The topological polar surface area (TPSA) is 292 Å². The van der Waals surface area contributed by atoms with Crippen molar-refractivity contribution in [2.45, 2.75) is 186 Å². The molecule has 0 spiro atoms. The predicted octanol–water partition coefficient (Wildman–Crippen LogP) is 14.9. The van der Waals surface area contributed by atoms with E-state index in [1.807, 2.05) is 209 Å².